The molecule has 0 saturated heterocycles. The van der Waals surface area contributed by atoms with Crippen molar-refractivity contribution in [3.8, 4) is 5.75 Å². The van der Waals surface area contributed by atoms with Crippen LogP contribution in [0.1, 0.15) is 12.5 Å². The summed E-state index contributed by atoms with van der Waals surface area (Å²) in [6.07, 6.45) is 0. The minimum absolute atomic E-state index is 0.171. The first-order chi connectivity index (χ1) is 6.38. The molecule has 0 heterocycles. The van der Waals surface area contributed by atoms with Crippen LogP contribution >= 0.6 is 0 Å². The van der Waals surface area contributed by atoms with Gasteiger partial charge in [0.05, 0.1) is 12.1 Å². The summed E-state index contributed by atoms with van der Waals surface area (Å²) < 4.78 is 26.1. The summed E-state index contributed by atoms with van der Waals surface area (Å²) in [7, 11) is 0. The van der Waals surface area contributed by atoms with Crippen molar-refractivity contribution in [1.29, 1.82) is 0 Å². The maximum atomic E-state index is 13.2. The van der Waals surface area contributed by atoms with Crippen molar-refractivity contribution in [3.05, 3.63) is 29.3 Å². The van der Waals surface area contributed by atoms with Crippen LogP contribution in [0.5, 0.6) is 5.75 Å². The van der Waals surface area contributed by atoms with E-state index in [1.54, 1.807) is 0 Å². The fourth-order valence-corrected chi connectivity index (χ4v) is 1.06. The molecule has 1 rings (SSSR count). The lowest BCUT2D eigenvalue weighted by Crippen LogP contribution is -2.38. The Balaban J connectivity index is 3.29. The quantitative estimate of drug-likeness (QED) is 0.667. The molecule has 0 aliphatic heterocycles. The van der Waals surface area contributed by atoms with Crippen molar-refractivity contribution in [2.24, 2.45) is 5.73 Å². The lowest BCUT2D eigenvalue weighted by molar-refractivity contribution is 0.205. The van der Waals surface area contributed by atoms with Crippen LogP contribution in [0.25, 0.3) is 0 Å². The van der Waals surface area contributed by atoms with Crippen molar-refractivity contribution in [2.45, 2.75) is 12.5 Å². The smallest absolute Gasteiger partial charge is 0.165 e. The average molecular weight is 203 g/mol. The number of phenols is 1. The highest BCUT2D eigenvalue weighted by atomic mass is 19.1. The number of aromatic hydroxyl groups is 1. The summed E-state index contributed by atoms with van der Waals surface area (Å²) in [6, 6.07) is 1.41. The predicted molar refractivity (Wildman–Crippen MR) is 46.6 cm³/mol. The Bertz CT molecular complexity index is 353. The maximum absolute atomic E-state index is 13.2. The van der Waals surface area contributed by atoms with Crippen LogP contribution < -0.4 is 5.73 Å². The second-order valence-corrected chi connectivity index (χ2v) is 3.36. The monoisotopic (exact) mass is 203 g/mol. The zero-order chi connectivity index (χ0) is 10.9. The fraction of sp³-hybridized carbons (Fsp3) is 0.333. The van der Waals surface area contributed by atoms with Crippen LogP contribution in [0, 0.1) is 11.6 Å². The summed E-state index contributed by atoms with van der Waals surface area (Å²) in [6.45, 7) is 0.843. The first-order valence-electron chi connectivity index (χ1n) is 3.96. The minimum Gasteiger partial charge on any atom is -0.505 e. The molecule has 3 nitrogen and oxygen atoms in total. The zero-order valence-corrected chi connectivity index (χ0v) is 7.59. The van der Waals surface area contributed by atoms with Crippen LogP contribution in [-0.2, 0) is 5.54 Å². The molecule has 0 fully saturated rings. The van der Waals surface area contributed by atoms with Crippen molar-refractivity contribution in [1.82, 2.24) is 0 Å². The molecule has 0 amide bonds. The maximum Gasteiger partial charge on any atom is 0.165 e. The van der Waals surface area contributed by atoms with Gasteiger partial charge in [0.1, 0.15) is 5.82 Å². The zero-order valence-electron chi connectivity index (χ0n) is 7.59. The third-order valence-electron chi connectivity index (χ3n) is 1.98. The van der Waals surface area contributed by atoms with Gasteiger partial charge in [-0.15, -0.1) is 0 Å². The van der Waals surface area contributed by atoms with E-state index in [-0.39, 0.29) is 5.56 Å². The van der Waals surface area contributed by atoms with E-state index < -0.39 is 29.5 Å². The number of hydrogen-bond acceptors (Lipinski definition) is 3. The van der Waals surface area contributed by atoms with Crippen LogP contribution in [0.4, 0.5) is 8.78 Å². The van der Waals surface area contributed by atoms with Gasteiger partial charge < -0.3 is 15.9 Å². The average Bonchev–Trinajstić information content (AvgIpc) is 2.11. The van der Waals surface area contributed by atoms with Gasteiger partial charge in [-0.25, -0.2) is 8.78 Å². The van der Waals surface area contributed by atoms with Gasteiger partial charge in [-0.3, -0.25) is 0 Å². The highest BCUT2D eigenvalue weighted by Gasteiger charge is 2.25. The summed E-state index contributed by atoms with van der Waals surface area (Å²) >= 11 is 0. The van der Waals surface area contributed by atoms with Crippen LogP contribution in [0.3, 0.4) is 0 Å². The fourth-order valence-electron chi connectivity index (χ4n) is 1.06. The molecule has 14 heavy (non-hydrogen) atoms. The van der Waals surface area contributed by atoms with Gasteiger partial charge >= 0.3 is 0 Å². The lowest BCUT2D eigenvalue weighted by atomic mass is 9.93. The Morgan fingerprint density at radius 1 is 1.36 bits per heavy atom. The summed E-state index contributed by atoms with van der Waals surface area (Å²) in [5.74, 6) is -2.59. The second kappa shape index (κ2) is 3.51. The molecule has 0 bridgehead atoms. The van der Waals surface area contributed by atoms with E-state index in [1.807, 2.05) is 0 Å². The normalized spacial score (nSPS) is 15.2. The summed E-state index contributed by atoms with van der Waals surface area (Å²) in [4.78, 5) is 0. The van der Waals surface area contributed by atoms with Crippen LogP contribution in [0.15, 0.2) is 12.1 Å². The van der Waals surface area contributed by atoms with Crippen molar-refractivity contribution in [3.63, 3.8) is 0 Å². The van der Waals surface area contributed by atoms with Gasteiger partial charge in [0.25, 0.3) is 0 Å². The molecule has 0 unspecified atom stereocenters. The van der Waals surface area contributed by atoms with E-state index >= 15 is 0 Å². The topological polar surface area (TPSA) is 66.5 Å². The van der Waals surface area contributed by atoms with Crippen LogP contribution in [-0.4, -0.2) is 16.8 Å². The molecule has 0 saturated carbocycles. The van der Waals surface area contributed by atoms with E-state index in [2.05, 4.69) is 0 Å². The highest BCUT2D eigenvalue weighted by Crippen LogP contribution is 2.26. The summed E-state index contributed by atoms with van der Waals surface area (Å²) in [5.41, 5.74) is 3.99. The number of benzene rings is 1. The molecular weight excluding hydrogens is 192 g/mol. The Hall–Kier alpha value is -1.20. The van der Waals surface area contributed by atoms with Crippen molar-refractivity contribution >= 4 is 0 Å². The van der Waals surface area contributed by atoms with Crippen molar-refractivity contribution < 1.29 is 19.0 Å². The van der Waals surface area contributed by atoms with Gasteiger partial charge in [-0.2, -0.15) is 0 Å². The molecule has 1 aromatic rings. The third-order valence-corrected chi connectivity index (χ3v) is 1.98. The molecule has 5 heteroatoms. The Morgan fingerprint density at radius 3 is 2.43 bits per heavy atom. The first kappa shape index (κ1) is 10.9. The molecule has 1 aromatic carbocycles. The predicted octanol–water partition coefficient (Wildman–Crippen LogP) is 0.837. The Kier molecular flexibility index (Phi) is 2.73. The van der Waals surface area contributed by atoms with Gasteiger partial charge in [0.15, 0.2) is 11.6 Å². The van der Waals surface area contributed by atoms with Crippen LogP contribution in [0.2, 0.25) is 0 Å². The second-order valence-electron chi connectivity index (χ2n) is 3.36. The molecule has 4 N–H and O–H groups in total. The minimum atomic E-state index is -1.36. The number of halogens is 2. The Morgan fingerprint density at radius 2 is 1.93 bits per heavy atom. The number of phenolic OH excluding ortho intramolecular Hbond substituents is 1. The molecule has 78 valence electrons. The molecule has 0 aliphatic carbocycles. The molecule has 0 aliphatic rings. The number of hydrogen-bond donors (Lipinski definition) is 3. The van der Waals surface area contributed by atoms with E-state index in [4.69, 9.17) is 15.9 Å². The third kappa shape index (κ3) is 1.83. The molecular formula is C9H11F2NO2. The number of aliphatic hydroxyl groups is 1. The van der Waals surface area contributed by atoms with Gasteiger partial charge in [-0.1, -0.05) is 0 Å². The lowest BCUT2D eigenvalue weighted by Gasteiger charge is -2.22. The Labute approximate surface area is 79.8 Å². The molecule has 0 radical (unpaired) electrons. The highest BCUT2D eigenvalue weighted by molar-refractivity contribution is 5.33. The number of nitrogens with two attached hydrogens (primary N) is 1. The summed E-state index contributed by atoms with van der Waals surface area (Å²) in [5, 5.41) is 17.7. The van der Waals surface area contributed by atoms with E-state index in [1.165, 1.54) is 6.92 Å². The van der Waals surface area contributed by atoms with E-state index in [9.17, 15) is 8.78 Å². The standard InChI is InChI=1S/C9H11F2NO2/c1-9(12,4-13)5-2-7(11)8(14)3-6(5)10/h2-3,13-14H,4,12H2,1H3/t9-/m0/s1. The number of rotatable bonds is 2. The largest absolute Gasteiger partial charge is 0.505 e. The van der Waals surface area contributed by atoms with Gasteiger partial charge in [0.2, 0.25) is 0 Å². The first-order valence-corrected chi connectivity index (χ1v) is 3.96. The molecule has 1 atom stereocenters. The van der Waals surface area contributed by atoms with E-state index in [0.29, 0.717) is 6.07 Å². The molecule has 0 spiro atoms. The SMILES string of the molecule is C[C@](N)(CO)c1cc(F)c(O)cc1F. The van der Waals surface area contributed by atoms with E-state index in [0.717, 1.165) is 6.07 Å². The van der Waals surface area contributed by atoms with Crippen molar-refractivity contribution in [2.75, 3.05) is 6.61 Å². The van der Waals surface area contributed by atoms with Gasteiger partial charge in [0, 0.05) is 11.6 Å². The molecule has 0 aromatic heterocycles. The van der Waals surface area contributed by atoms with Gasteiger partial charge in [-0.05, 0) is 13.0 Å². The number of aliphatic hydroxyl groups excluding tert-OH is 1.